The van der Waals surface area contributed by atoms with Gasteiger partial charge in [-0.3, -0.25) is 9.59 Å². The van der Waals surface area contributed by atoms with E-state index in [9.17, 15) is 19.5 Å². The zero-order valence-corrected chi connectivity index (χ0v) is 52.9. The lowest BCUT2D eigenvalue weighted by Crippen LogP contribution is -2.40. The van der Waals surface area contributed by atoms with Gasteiger partial charge in [0.05, 0.1) is 34.4 Å². The van der Waals surface area contributed by atoms with Gasteiger partial charge in [-0.05, 0) is 83.5 Å². The minimum atomic E-state index is -1.51. The zero-order chi connectivity index (χ0) is 59.1. The Kier molecular flexibility index (Phi) is 58.9. The average molecular weight is 1130 g/mol. The predicted octanol–water partition coefficient (Wildman–Crippen LogP) is 20.2. The number of unbranched alkanes of at least 4 members (excludes halogenated alkanes) is 27. The molecule has 2 atom stereocenters. The topological polar surface area (TPSA) is 108 Å². The smallest absolute Gasteiger partial charge is 0.361 e. The van der Waals surface area contributed by atoms with Gasteiger partial charge in [0.25, 0.3) is 6.29 Å². The van der Waals surface area contributed by atoms with Gasteiger partial charge in [-0.25, -0.2) is 4.79 Å². The first-order valence-electron chi connectivity index (χ1n) is 33.1. The van der Waals surface area contributed by atoms with E-state index >= 15 is 0 Å². The van der Waals surface area contributed by atoms with Crippen molar-refractivity contribution in [1.82, 2.24) is 0 Å². The maximum absolute atomic E-state index is 12.9. The van der Waals surface area contributed by atoms with Crippen LogP contribution in [0.4, 0.5) is 0 Å². The molecule has 0 bridgehead atoms. The van der Waals surface area contributed by atoms with E-state index in [1.54, 1.807) is 0 Å². The van der Waals surface area contributed by atoms with E-state index in [4.69, 9.17) is 18.9 Å². The number of esters is 2. The standard InChI is InChI=1S/C72H123NO8/c1-6-8-10-12-14-16-18-20-22-24-25-26-27-28-29-30-31-32-33-34-35-36-37-38-39-40-41-42-43-44-45-47-49-51-53-55-57-59-61-63-70(75)81-68(67-80-72(71(76)77)78-65-64-73(3,4)5)66-79-69(74)62-60-58-56-54-52-50-48-46-23-21-19-17-15-13-11-9-7-2/h8,10,14,16,20,22,25-26,28-29,31-32,34-35,37-38,40-41,68,72H,6-7,9,11-13,15,17-19,21,23-24,27,30,33,36,39,42-67H2,1-5H3/p+1/b10-8-,16-14-,22-20-,26-25-,29-28-,32-31-,35-34-,38-37-,41-40-. The lowest BCUT2D eigenvalue weighted by atomic mass is 10.0. The molecule has 0 heterocycles. The molecule has 0 amide bonds. The largest absolute Gasteiger partial charge is 0.477 e. The molecule has 9 heteroatoms. The number of nitrogens with zero attached hydrogens (tertiary/aromatic N) is 1. The molecule has 81 heavy (non-hydrogen) atoms. The van der Waals surface area contributed by atoms with Crippen LogP contribution in [0, 0.1) is 0 Å². The number of carboxylic acids is 1. The van der Waals surface area contributed by atoms with Crippen LogP contribution in [0.15, 0.2) is 109 Å². The summed E-state index contributed by atoms with van der Waals surface area (Å²) in [6, 6.07) is 0. The fourth-order valence-electron chi connectivity index (χ4n) is 9.01. The molecule has 0 aliphatic rings. The van der Waals surface area contributed by atoms with Gasteiger partial charge in [0.1, 0.15) is 13.2 Å². The Labute approximate surface area is 498 Å². The molecule has 0 saturated carbocycles. The van der Waals surface area contributed by atoms with Crippen molar-refractivity contribution in [3.63, 3.8) is 0 Å². The Hall–Kier alpha value is -4.05. The number of rotatable bonds is 60. The number of carboxylic acid groups (broad SMARTS) is 1. The number of aliphatic carboxylic acids is 1. The van der Waals surface area contributed by atoms with Crippen LogP contribution in [0.3, 0.4) is 0 Å². The fraction of sp³-hybridized carbons (Fsp3) is 0.708. The van der Waals surface area contributed by atoms with Gasteiger partial charge in [-0.1, -0.05) is 284 Å². The van der Waals surface area contributed by atoms with Crippen LogP contribution in [0.25, 0.3) is 0 Å². The molecule has 0 aromatic rings. The summed E-state index contributed by atoms with van der Waals surface area (Å²) in [6.45, 7) is 4.78. The van der Waals surface area contributed by atoms with Crippen LogP contribution < -0.4 is 0 Å². The van der Waals surface area contributed by atoms with Gasteiger partial charge in [-0.15, -0.1) is 0 Å². The normalized spacial score (nSPS) is 13.4. The third-order valence-electron chi connectivity index (χ3n) is 14.0. The van der Waals surface area contributed by atoms with E-state index < -0.39 is 24.3 Å². The first-order chi connectivity index (χ1) is 39.6. The second kappa shape index (κ2) is 62.0. The molecule has 0 aromatic heterocycles. The molecule has 0 aromatic carbocycles. The van der Waals surface area contributed by atoms with E-state index in [-0.39, 0.29) is 32.2 Å². The Morgan fingerprint density at radius 1 is 0.383 bits per heavy atom. The maximum atomic E-state index is 12.9. The molecule has 2 unspecified atom stereocenters. The summed E-state index contributed by atoms with van der Waals surface area (Å²) in [5.41, 5.74) is 0. The van der Waals surface area contributed by atoms with Gasteiger partial charge < -0.3 is 28.5 Å². The van der Waals surface area contributed by atoms with E-state index in [0.29, 0.717) is 23.9 Å². The number of carbonyl (C=O) groups is 3. The zero-order valence-electron chi connectivity index (χ0n) is 52.9. The van der Waals surface area contributed by atoms with Crippen LogP contribution in [-0.4, -0.2) is 87.4 Å². The fourth-order valence-corrected chi connectivity index (χ4v) is 9.01. The highest BCUT2D eigenvalue weighted by Gasteiger charge is 2.25. The number of likely N-dealkylation sites (N-methyl/N-ethyl adjacent to an activating group) is 1. The Morgan fingerprint density at radius 3 is 1.05 bits per heavy atom. The number of carbonyl (C=O) groups excluding carboxylic acids is 2. The van der Waals surface area contributed by atoms with Gasteiger partial charge in [0.15, 0.2) is 6.10 Å². The van der Waals surface area contributed by atoms with Crippen LogP contribution in [0.2, 0.25) is 0 Å². The number of allylic oxidation sites excluding steroid dienone is 18. The van der Waals surface area contributed by atoms with Crippen molar-refractivity contribution in [2.75, 3.05) is 47.5 Å². The van der Waals surface area contributed by atoms with Gasteiger partial charge in [-0.2, -0.15) is 0 Å². The van der Waals surface area contributed by atoms with Crippen LogP contribution in [-0.2, 0) is 33.3 Å². The lowest BCUT2D eigenvalue weighted by Gasteiger charge is -2.25. The molecule has 0 fully saturated rings. The van der Waals surface area contributed by atoms with Crippen molar-refractivity contribution in [1.29, 1.82) is 0 Å². The third-order valence-corrected chi connectivity index (χ3v) is 14.0. The first-order valence-corrected chi connectivity index (χ1v) is 33.1. The molecule has 0 rings (SSSR count). The summed E-state index contributed by atoms with van der Waals surface area (Å²) in [6.07, 6.45) is 83.3. The molecule has 0 aliphatic heterocycles. The molecular formula is C72H124NO8+. The van der Waals surface area contributed by atoms with E-state index in [1.807, 2.05) is 21.1 Å². The number of ether oxygens (including phenoxy) is 4. The Bertz CT molecular complexity index is 1700. The second-order valence-corrected chi connectivity index (χ2v) is 23.1. The van der Waals surface area contributed by atoms with Crippen LogP contribution >= 0.6 is 0 Å². The molecule has 0 radical (unpaired) electrons. The summed E-state index contributed by atoms with van der Waals surface area (Å²) in [5, 5.41) is 9.72. The van der Waals surface area contributed by atoms with Crippen molar-refractivity contribution >= 4 is 17.9 Å². The SMILES string of the molecule is CC/C=C\C/C=C\C/C=C\C/C=C\C/C=C\C/C=C\C/C=C\C/C=C\C/C=C\CCCCCCCCCCCCCC(=O)OC(COC(=O)CCCCCCCCCCCCCCCCCCC)COC(OCC[N+](C)(C)C)C(=O)O. The predicted molar refractivity (Wildman–Crippen MR) is 345 cm³/mol. The van der Waals surface area contributed by atoms with Crippen molar-refractivity contribution < 1.29 is 42.9 Å². The van der Waals surface area contributed by atoms with Gasteiger partial charge in [0.2, 0.25) is 0 Å². The highest BCUT2D eigenvalue weighted by atomic mass is 16.7. The van der Waals surface area contributed by atoms with Crippen molar-refractivity contribution in [3.05, 3.63) is 109 Å². The van der Waals surface area contributed by atoms with Gasteiger partial charge in [0, 0.05) is 12.8 Å². The van der Waals surface area contributed by atoms with Crippen molar-refractivity contribution in [2.24, 2.45) is 0 Å². The number of hydrogen-bond acceptors (Lipinski definition) is 7. The number of quaternary nitrogens is 1. The third kappa shape index (κ3) is 63.4. The second-order valence-electron chi connectivity index (χ2n) is 23.1. The highest BCUT2D eigenvalue weighted by Crippen LogP contribution is 2.17. The average Bonchev–Trinajstić information content (AvgIpc) is 3.44. The molecule has 0 saturated heterocycles. The van der Waals surface area contributed by atoms with E-state index in [2.05, 4.69) is 123 Å². The van der Waals surface area contributed by atoms with Crippen LogP contribution in [0.5, 0.6) is 0 Å². The summed E-state index contributed by atoms with van der Waals surface area (Å²) in [4.78, 5) is 37.5. The summed E-state index contributed by atoms with van der Waals surface area (Å²) in [5.74, 6) is -2.00. The van der Waals surface area contributed by atoms with Gasteiger partial charge >= 0.3 is 17.9 Å². The summed E-state index contributed by atoms with van der Waals surface area (Å²) in [7, 11) is 5.97. The van der Waals surface area contributed by atoms with Crippen LogP contribution in [0.1, 0.15) is 271 Å². The Balaban J connectivity index is 4.13. The quantitative estimate of drug-likeness (QED) is 0.0211. The minimum Gasteiger partial charge on any atom is -0.477 e. The molecule has 0 aliphatic carbocycles. The maximum Gasteiger partial charge on any atom is 0.361 e. The van der Waals surface area contributed by atoms with E-state index in [0.717, 1.165) is 103 Å². The molecule has 0 spiro atoms. The minimum absolute atomic E-state index is 0.184. The van der Waals surface area contributed by atoms with Crippen molar-refractivity contribution in [3.8, 4) is 0 Å². The van der Waals surface area contributed by atoms with E-state index in [1.165, 1.54) is 135 Å². The summed E-state index contributed by atoms with van der Waals surface area (Å²) >= 11 is 0. The molecule has 9 nitrogen and oxygen atoms in total. The lowest BCUT2D eigenvalue weighted by molar-refractivity contribution is -0.870. The summed E-state index contributed by atoms with van der Waals surface area (Å²) < 4.78 is 22.9. The molecule has 1 N–H and O–H groups in total. The first kappa shape index (κ1) is 77.0. The Morgan fingerprint density at radius 2 is 0.704 bits per heavy atom. The number of hydrogen-bond donors (Lipinski definition) is 1. The highest BCUT2D eigenvalue weighted by molar-refractivity contribution is 5.71. The molecular weight excluding hydrogens is 1010 g/mol. The van der Waals surface area contributed by atoms with Crippen molar-refractivity contribution in [2.45, 2.75) is 283 Å². The molecule has 464 valence electrons. The monoisotopic (exact) mass is 1130 g/mol.